The van der Waals surface area contributed by atoms with Gasteiger partial charge in [0.25, 0.3) is 5.69 Å². The summed E-state index contributed by atoms with van der Waals surface area (Å²) in [6.45, 7) is 10.3. The molecule has 1 N–H and O–H groups in total. The molecule has 1 unspecified atom stereocenters. The molecule has 0 radical (unpaired) electrons. The van der Waals surface area contributed by atoms with Gasteiger partial charge in [0.05, 0.1) is 4.92 Å². The molecule has 0 aliphatic rings. The average molecular weight is 264 g/mol. The Hall–Kier alpha value is -1.58. The van der Waals surface area contributed by atoms with Crippen molar-refractivity contribution in [2.75, 3.05) is 5.32 Å². The third kappa shape index (κ3) is 4.54. The highest BCUT2D eigenvalue weighted by Gasteiger charge is 2.14. The summed E-state index contributed by atoms with van der Waals surface area (Å²) in [4.78, 5) is 10.5. The molecule has 0 aliphatic heterocycles. The summed E-state index contributed by atoms with van der Waals surface area (Å²) in [5.41, 5.74) is 2.82. The molecule has 19 heavy (non-hydrogen) atoms. The highest BCUT2D eigenvalue weighted by atomic mass is 16.6. The van der Waals surface area contributed by atoms with Crippen LogP contribution in [0.15, 0.2) is 12.1 Å². The molecular weight excluding hydrogens is 240 g/mol. The maximum Gasteiger partial charge on any atom is 0.272 e. The van der Waals surface area contributed by atoms with Crippen LogP contribution in [0.25, 0.3) is 0 Å². The Labute approximate surface area is 115 Å². The van der Waals surface area contributed by atoms with Crippen molar-refractivity contribution in [3.63, 3.8) is 0 Å². The molecule has 1 atom stereocenters. The first-order chi connectivity index (χ1) is 8.81. The van der Waals surface area contributed by atoms with Gasteiger partial charge in [-0.05, 0) is 51.2 Å². The molecule has 0 saturated carbocycles. The lowest BCUT2D eigenvalue weighted by atomic mass is 10.0. The molecular formula is C15H24N2O2. The molecule has 1 aromatic rings. The van der Waals surface area contributed by atoms with Crippen molar-refractivity contribution in [3.05, 3.63) is 33.4 Å². The van der Waals surface area contributed by atoms with Crippen LogP contribution >= 0.6 is 0 Å². The van der Waals surface area contributed by atoms with Gasteiger partial charge in [-0.2, -0.15) is 0 Å². The lowest BCUT2D eigenvalue weighted by molar-refractivity contribution is -0.385. The Morgan fingerprint density at radius 3 is 2.32 bits per heavy atom. The summed E-state index contributed by atoms with van der Waals surface area (Å²) in [5, 5.41) is 14.3. The molecule has 4 nitrogen and oxygen atoms in total. The van der Waals surface area contributed by atoms with Gasteiger partial charge >= 0.3 is 0 Å². The van der Waals surface area contributed by atoms with Crippen molar-refractivity contribution >= 4 is 11.4 Å². The van der Waals surface area contributed by atoms with Gasteiger partial charge in [0.1, 0.15) is 0 Å². The number of hydrogen-bond acceptors (Lipinski definition) is 3. The summed E-state index contributed by atoms with van der Waals surface area (Å²) in [6.07, 6.45) is 2.28. The average Bonchev–Trinajstić information content (AvgIpc) is 2.30. The summed E-state index contributed by atoms with van der Waals surface area (Å²) in [6, 6.07) is 3.90. The van der Waals surface area contributed by atoms with Gasteiger partial charge in [-0.3, -0.25) is 10.1 Å². The van der Waals surface area contributed by atoms with E-state index in [0.717, 1.165) is 17.7 Å². The largest absolute Gasteiger partial charge is 0.382 e. The third-order valence-corrected chi connectivity index (χ3v) is 3.32. The minimum atomic E-state index is -0.325. The number of nitrogens with one attached hydrogen (secondary N) is 1. The zero-order valence-electron chi connectivity index (χ0n) is 12.5. The smallest absolute Gasteiger partial charge is 0.272 e. The number of benzene rings is 1. The van der Waals surface area contributed by atoms with Gasteiger partial charge in [0, 0.05) is 23.4 Å². The van der Waals surface area contributed by atoms with Crippen LogP contribution in [0.4, 0.5) is 11.4 Å². The fraction of sp³-hybridized carbons (Fsp3) is 0.600. The lowest BCUT2D eigenvalue weighted by Crippen LogP contribution is -2.16. The first kappa shape index (κ1) is 15.5. The van der Waals surface area contributed by atoms with Crippen LogP contribution in [-0.4, -0.2) is 11.0 Å². The van der Waals surface area contributed by atoms with E-state index < -0.39 is 0 Å². The Morgan fingerprint density at radius 1 is 1.16 bits per heavy atom. The highest BCUT2D eigenvalue weighted by Crippen LogP contribution is 2.26. The summed E-state index contributed by atoms with van der Waals surface area (Å²) in [5.74, 6) is 0.698. The standard InChI is InChI=1S/C15H24N2O2/c1-10(2)6-7-13(5)16-14-8-12(4)15(17(18)19)9-11(14)3/h8-10,13,16H,6-7H2,1-5H3. The molecule has 0 amide bonds. The van der Waals surface area contributed by atoms with Crippen molar-refractivity contribution in [2.45, 2.75) is 53.5 Å². The molecule has 0 aliphatic carbocycles. The number of aryl methyl sites for hydroxylation is 2. The minimum absolute atomic E-state index is 0.192. The second-order valence-corrected chi connectivity index (χ2v) is 5.73. The van der Waals surface area contributed by atoms with Crippen molar-refractivity contribution in [1.82, 2.24) is 0 Å². The quantitative estimate of drug-likeness (QED) is 0.610. The van der Waals surface area contributed by atoms with Crippen molar-refractivity contribution < 1.29 is 4.92 Å². The molecule has 0 saturated heterocycles. The zero-order chi connectivity index (χ0) is 14.6. The van der Waals surface area contributed by atoms with Gasteiger partial charge in [0.15, 0.2) is 0 Å². The Kier molecular flexibility index (Phi) is 5.33. The van der Waals surface area contributed by atoms with Crippen molar-refractivity contribution in [2.24, 2.45) is 5.92 Å². The monoisotopic (exact) mass is 264 g/mol. The number of rotatable bonds is 6. The van der Waals surface area contributed by atoms with Crippen LogP contribution in [0.3, 0.4) is 0 Å². The highest BCUT2D eigenvalue weighted by molar-refractivity contribution is 5.59. The Morgan fingerprint density at radius 2 is 1.79 bits per heavy atom. The van der Waals surface area contributed by atoms with Gasteiger partial charge < -0.3 is 5.32 Å². The van der Waals surface area contributed by atoms with Gasteiger partial charge in [-0.25, -0.2) is 0 Å². The van der Waals surface area contributed by atoms with Gasteiger partial charge in [-0.15, -0.1) is 0 Å². The Balaban J connectivity index is 2.79. The van der Waals surface area contributed by atoms with E-state index in [0.29, 0.717) is 17.5 Å². The fourth-order valence-corrected chi connectivity index (χ4v) is 2.07. The van der Waals surface area contributed by atoms with Crippen LogP contribution in [0.2, 0.25) is 0 Å². The number of anilines is 1. The van der Waals surface area contributed by atoms with E-state index in [1.807, 2.05) is 13.0 Å². The first-order valence-corrected chi connectivity index (χ1v) is 6.83. The molecule has 0 aromatic heterocycles. The van der Waals surface area contributed by atoms with E-state index in [4.69, 9.17) is 0 Å². The van der Waals surface area contributed by atoms with Crippen molar-refractivity contribution in [3.8, 4) is 0 Å². The SMILES string of the molecule is Cc1cc([N+](=O)[O-])c(C)cc1NC(C)CCC(C)C. The number of nitro benzene ring substituents is 1. The molecule has 0 fully saturated rings. The summed E-state index contributed by atoms with van der Waals surface area (Å²) >= 11 is 0. The molecule has 0 bridgehead atoms. The van der Waals surface area contributed by atoms with E-state index in [1.165, 1.54) is 6.42 Å². The maximum absolute atomic E-state index is 10.9. The predicted molar refractivity (Wildman–Crippen MR) is 79.7 cm³/mol. The van der Waals surface area contributed by atoms with Crippen LogP contribution in [0.1, 0.15) is 44.7 Å². The van der Waals surface area contributed by atoms with Crippen molar-refractivity contribution in [1.29, 1.82) is 0 Å². The van der Waals surface area contributed by atoms with Crippen LogP contribution in [0, 0.1) is 29.9 Å². The summed E-state index contributed by atoms with van der Waals surface area (Å²) in [7, 11) is 0. The third-order valence-electron chi connectivity index (χ3n) is 3.32. The van der Waals surface area contributed by atoms with E-state index in [9.17, 15) is 10.1 Å². The van der Waals surface area contributed by atoms with E-state index in [-0.39, 0.29) is 10.6 Å². The molecule has 1 rings (SSSR count). The molecule has 106 valence electrons. The van der Waals surface area contributed by atoms with E-state index in [2.05, 4.69) is 26.1 Å². The molecule has 0 heterocycles. The number of nitro groups is 1. The summed E-state index contributed by atoms with van der Waals surface area (Å²) < 4.78 is 0. The Bertz CT molecular complexity index is 456. The molecule has 4 heteroatoms. The van der Waals surface area contributed by atoms with Crippen LogP contribution in [-0.2, 0) is 0 Å². The second-order valence-electron chi connectivity index (χ2n) is 5.73. The normalized spacial score (nSPS) is 12.5. The van der Waals surface area contributed by atoms with E-state index in [1.54, 1.807) is 13.0 Å². The second kappa shape index (κ2) is 6.55. The fourth-order valence-electron chi connectivity index (χ4n) is 2.07. The predicted octanol–water partition coefficient (Wildman–Crippen LogP) is 4.45. The topological polar surface area (TPSA) is 55.2 Å². The number of hydrogen-bond donors (Lipinski definition) is 1. The molecule has 0 spiro atoms. The van der Waals surface area contributed by atoms with Crippen LogP contribution in [0.5, 0.6) is 0 Å². The van der Waals surface area contributed by atoms with Crippen LogP contribution < -0.4 is 5.32 Å². The lowest BCUT2D eigenvalue weighted by Gasteiger charge is -2.18. The van der Waals surface area contributed by atoms with Gasteiger partial charge in [0.2, 0.25) is 0 Å². The first-order valence-electron chi connectivity index (χ1n) is 6.83. The van der Waals surface area contributed by atoms with E-state index >= 15 is 0 Å². The van der Waals surface area contributed by atoms with Gasteiger partial charge in [-0.1, -0.05) is 13.8 Å². The molecule has 1 aromatic carbocycles. The zero-order valence-corrected chi connectivity index (χ0v) is 12.5. The minimum Gasteiger partial charge on any atom is -0.382 e. The maximum atomic E-state index is 10.9. The number of nitrogens with zero attached hydrogens (tertiary/aromatic N) is 1.